The van der Waals surface area contributed by atoms with Gasteiger partial charge in [-0.05, 0) is 25.7 Å². The SMILES string of the molecule is CCNC(=NCc1cnn(C)c1)N1CCCC(CC(N)=O)C1.I. The number of likely N-dealkylation sites (tertiary alicyclic amines) is 1. The molecule has 1 amide bonds. The minimum atomic E-state index is -0.218. The number of aliphatic imine (C=N–C) groups is 1. The lowest BCUT2D eigenvalue weighted by Gasteiger charge is -2.34. The van der Waals surface area contributed by atoms with Gasteiger partial charge in [-0.25, -0.2) is 4.99 Å². The number of hydrogen-bond acceptors (Lipinski definition) is 3. The van der Waals surface area contributed by atoms with E-state index in [9.17, 15) is 4.79 Å². The maximum Gasteiger partial charge on any atom is 0.217 e. The zero-order valence-corrected chi connectivity index (χ0v) is 16.2. The first-order valence-corrected chi connectivity index (χ1v) is 7.87. The summed E-state index contributed by atoms with van der Waals surface area (Å²) in [7, 11) is 1.90. The summed E-state index contributed by atoms with van der Waals surface area (Å²) in [4.78, 5) is 18.1. The van der Waals surface area contributed by atoms with Crippen LogP contribution in [0.15, 0.2) is 17.4 Å². The molecular formula is C15H27IN6O. The number of nitrogens with two attached hydrogens (primary N) is 1. The lowest BCUT2D eigenvalue weighted by molar-refractivity contribution is -0.119. The predicted octanol–water partition coefficient (Wildman–Crippen LogP) is 1.09. The Morgan fingerprint density at radius 2 is 2.35 bits per heavy atom. The third-order valence-corrected chi connectivity index (χ3v) is 3.81. The van der Waals surface area contributed by atoms with E-state index < -0.39 is 0 Å². The van der Waals surface area contributed by atoms with Gasteiger partial charge in [-0.3, -0.25) is 9.48 Å². The highest BCUT2D eigenvalue weighted by Crippen LogP contribution is 2.19. The van der Waals surface area contributed by atoms with Crippen molar-refractivity contribution < 1.29 is 4.79 Å². The number of amides is 1. The van der Waals surface area contributed by atoms with Gasteiger partial charge in [-0.15, -0.1) is 24.0 Å². The molecule has 0 radical (unpaired) electrons. The summed E-state index contributed by atoms with van der Waals surface area (Å²) in [6.45, 7) is 5.29. The number of carbonyl (C=O) groups excluding carboxylic acids is 1. The van der Waals surface area contributed by atoms with Gasteiger partial charge in [0.25, 0.3) is 0 Å². The number of carbonyl (C=O) groups is 1. The van der Waals surface area contributed by atoms with Gasteiger partial charge < -0.3 is 16.0 Å². The number of guanidine groups is 1. The smallest absolute Gasteiger partial charge is 0.217 e. The van der Waals surface area contributed by atoms with E-state index in [1.54, 1.807) is 4.68 Å². The van der Waals surface area contributed by atoms with Crippen molar-refractivity contribution in [3.63, 3.8) is 0 Å². The molecule has 3 N–H and O–H groups in total. The van der Waals surface area contributed by atoms with Gasteiger partial charge in [-0.1, -0.05) is 0 Å². The quantitative estimate of drug-likeness (QED) is 0.413. The second-order valence-electron chi connectivity index (χ2n) is 5.82. The van der Waals surface area contributed by atoms with Crippen molar-refractivity contribution in [2.75, 3.05) is 19.6 Å². The van der Waals surface area contributed by atoms with Crippen LogP contribution >= 0.6 is 24.0 Å². The standard InChI is InChI=1S/C15H26N6O.HI/c1-3-17-15(18-8-13-9-19-20(2)10-13)21-6-4-5-12(11-21)7-14(16)22;/h9-10,12H,3-8,11H2,1-2H3,(H2,16,22)(H,17,18);1H. The molecule has 7 nitrogen and oxygen atoms in total. The van der Waals surface area contributed by atoms with Crippen molar-refractivity contribution in [3.8, 4) is 0 Å². The van der Waals surface area contributed by atoms with Gasteiger partial charge in [0.1, 0.15) is 0 Å². The highest BCUT2D eigenvalue weighted by atomic mass is 127. The molecule has 1 aliphatic heterocycles. The monoisotopic (exact) mass is 434 g/mol. The first-order valence-electron chi connectivity index (χ1n) is 7.87. The largest absolute Gasteiger partial charge is 0.370 e. The van der Waals surface area contributed by atoms with Crippen LogP contribution in [0.4, 0.5) is 0 Å². The summed E-state index contributed by atoms with van der Waals surface area (Å²) in [6.07, 6.45) is 6.38. The topological polar surface area (TPSA) is 88.5 Å². The molecule has 1 aromatic rings. The molecule has 1 saturated heterocycles. The van der Waals surface area contributed by atoms with Gasteiger partial charge in [0.15, 0.2) is 5.96 Å². The predicted molar refractivity (Wildman–Crippen MR) is 102 cm³/mol. The molecule has 1 aliphatic rings. The number of halogens is 1. The number of primary amides is 1. The van der Waals surface area contributed by atoms with E-state index in [1.807, 2.05) is 19.4 Å². The summed E-state index contributed by atoms with van der Waals surface area (Å²) in [5, 5.41) is 7.50. The van der Waals surface area contributed by atoms with E-state index in [4.69, 9.17) is 10.7 Å². The zero-order valence-electron chi connectivity index (χ0n) is 13.9. The van der Waals surface area contributed by atoms with Crippen LogP contribution in [0.3, 0.4) is 0 Å². The molecule has 1 unspecified atom stereocenters. The van der Waals surface area contributed by atoms with E-state index in [0.717, 1.165) is 44.0 Å². The molecule has 2 rings (SSSR count). The fraction of sp³-hybridized carbons (Fsp3) is 0.667. The number of nitrogens with one attached hydrogen (secondary N) is 1. The van der Waals surface area contributed by atoms with Crippen molar-refractivity contribution in [2.24, 2.45) is 23.7 Å². The summed E-state index contributed by atoms with van der Waals surface area (Å²) >= 11 is 0. The first kappa shape index (κ1) is 19.7. The Balaban J connectivity index is 0.00000264. The molecule has 0 bridgehead atoms. The average molecular weight is 434 g/mol. The Hall–Kier alpha value is -1.32. The molecule has 23 heavy (non-hydrogen) atoms. The fourth-order valence-electron chi connectivity index (χ4n) is 2.85. The summed E-state index contributed by atoms with van der Waals surface area (Å²) < 4.78 is 1.78. The van der Waals surface area contributed by atoms with Crippen molar-refractivity contribution in [1.29, 1.82) is 0 Å². The maximum absolute atomic E-state index is 11.1. The van der Waals surface area contributed by atoms with Gasteiger partial charge >= 0.3 is 0 Å². The Labute approximate surface area is 154 Å². The number of piperidine rings is 1. The lowest BCUT2D eigenvalue weighted by atomic mass is 9.95. The van der Waals surface area contributed by atoms with Crippen LogP contribution in [-0.2, 0) is 18.4 Å². The van der Waals surface area contributed by atoms with Crippen molar-refractivity contribution in [2.45, 2.75) is 32.7 Å². The third-order valence-electron chi connectivity index (χ3n) is 3.81. The van der Waals surface area contributed by atoms with Gasteiger partial charge in [0.2, 0.25) is 5.91 Å². The maximum atomic E-state index is 11.1. The number of nitrogens with zero attached hydrogens (tertiary/aromatic N) is 4. The zero-order chi connectivity index (χ0) is 15.9. The summed E-state index contributed by atoms with van der Waals surface area (Å²) in [5.74, 6) is 1.01. The average Bonchev–Trinajstić information content (AvgIpc) is 2.88. The van der Waals surface area contributed by atoms with Gasteiger partial charge in [0, 0.05) is 44.9 Å². The van der Waals surface area contributed by atoms with E-state index in [-0.39, 0.29) is 29.9 Å². The summed E-state index contributed by atoms with van der Waals surface area (Å²) in [5.41, 5.74) is 6.41. The highest BCUT2D eigenvalue weighted by Gasteiger charge is 2.23. The molecule has 0 spiro atoms. The number of rotatable bonds is 5. The molecule has 1 atom stereocenters. The second kappa shape index (κ2) is 9.74. The Kier molecular flexibility index (Phi) is 8.35. The molecule has 130 valence electrons. The first-order chi connectivity index (χ1) is 10.6. The van der Waals surface area contributed by atoms with Crippen LogP contribution in [0.5, 0.6) is 0 Å². The summed E-state index contributed by atoms with van der Waals surface area (Å²) in [6, 6.07) is 0. The van der Waals surface area contributed by atoms with E-state index in [1.165, 1.54) is 0 Å². The Morgan fingerprint density at radius 3 is 2.96 bits per heavy atom. The molecule has 0 saturated carbocycles. The molecule has 1 fully saturated rings. The van der Waals surface area contributed by atoms with Gasteiger partial charge in [-0.2, -0.15) is 5.10 Å². The van der Waals surface area contributed by atoms with Gasteiger partial charge in [0.05, 0.1) is 12.7 Å². The minimum Gasteiger partial charge on any atom is -0.370 e. The molecule has 0 aromatic carbocycles. The molecule has 8 heteroatoms. The van der Waals surface area contributed by atoms with Crippen molar-refractivity contribution in [3.05, 3.63) is 18.0 Å². The molecule has 1 aromatic heterocycles. The Morgan fingerprint density at radius 1 is 1.57 bits per heavy atom. The van der Waals surface area contributed by atoms with Crippen LogP contribution in [0, 0.1) is 5.92 Å². The highest BCUT2D eigenvalue weighted by molar-refractivity contribution is 14.0. The molecule has 0 aliphatic carbocycles. The minimum absolute atomic E-state index is 0. The number of aryl methyl sites for hydroxylation is 1. The molecule has 2 heterocycles. The van der Waals surface area contributed by atoms with E-state index in [0.29, 0.717) is 18.9 Å². The van der Waals surface area contributed by atoms with E-state index >= 15 is 0 Å². The number of hydrogen-bond donors (Lipinski definition) is 2. The van der Waals surface area contributed by atoms with Crippen LogP contribution in [0.25, 0.3) is 0 Å². The fourth-order valence-corrected chi connectivity index (χ4v) is 2.85. The van der Waals surface area contributed by atoms with Crippen LogP contribution < -0.4 is 11.1 Å². The Bertz CT molecular complexity index is 530. The molecular weight excluding hydrogens is 407 g/mol. The van der Waals surface area contributed by atoms with E-state index in [2.05, 4.69) is 22.2 Å². The van der Waals surface area contributed by atoms with Crippen LogP contribution in [-0.4, -0.2) is 46.2 Å². The van der Waals surface area contributed by atoms with Crippen LogP contribution in [0.1, 0.15) is 31.7 Å². The van der Waals surface area contributed by atoms with Crippen LogP contribution in [0.2, 0.25) is 0 Å². The number of aromatic nitrogens is 2. The normalized spacial score (nSPS) is 18.4. The lowest BCUT2D eigenvalue weighted by Crippen LogP contribution is -2.47. The van der Waals surface area contributed by atoms with Crippen molar-refractivity contribution in [1.82, 2.24) is 20.0 Å². The third kappa shape index (κ3) is 6.36. The second-order valence-corrected chi connectivity index (χ2v) is 5.82. The van der Waals surface area contributed by atoms with Crippen molar-refractivity contribution >= 4 is 35.8 Å².